The molecule has 0 saturated carbocycles. The Hall–Kier alpha value is -4.07. The number of nitrogens with zero attached hydrogens (tertiary/aromatic N) is 2. The van der Waals surface area contributed by atoms with E-state index in [-0.39, 0.29) is 12.3 Å². The minimum atomic E-state index is -1.07. The molecule has 0 bridgehead atoms. The second-order valence-electron chi connectivity index (χ2n) is 8.40. The first-order valence-corrected chi connectivity index (χ1v) is 11.5. The minimum absolute atomic E-state index is 0.171. The van der Waals surface area contributed by atoms with Crippen molar-refractivity contribution in [3.05, 3.63) is 72.6 Å². The fourth-order valence-electron chi connectivity index (χ4n) is 4.52. The molecule has 1 saturated heterocycles. The summed E-state index contributed by atoms with van der Waals surface area (Å²) in [4.78, 5) is 31.2. The van der Waals surface area contributed by atoms with Crippen LogP contribution in [0, 0.1) is 0 Å². The second-order valence-corrected chi connectivity index (χ2v) is 8.40. The third-order valence-electron chi connectivity index (χ3n) is 6.26. The van der Waals surface area contributed by atoms with E-state index < -0.39 is 18.1 Å². The van der Waals surface area contributed by atoms with Gasteiger partial charge in [-0.05, 0) is 48.2 Å². The third kappa shape index (κ3) is 5.37. The molecule has 4 rings (SSSR count). The van der Waals surface area contributed by atoms with Gasteiger partial charge in [-0.2, -0.15) is 0 Å². The van der Waals surface area contributed by atoms with Crippen LogP contribution < -0.4 is 19.7 Å². The molecule has 1 amide bonds. The van der Waals surface area contributed by atoms with Crippen molar-refractivity contribution in [1.29, 1.82) is 0 Å². The zero-order valence-corrected chi connectivity index (χ0v) is 19.8. The molecule has 2 atom stereocenters. The molecule has 2 heterocycles. The topological polar surface area (TPSA) is 101 Å². The Morgan fingerprint density at radius 2 is 1.80 bits per heavy atom. The number of carboxylic acids is 1. The van der Waals surface area contributed by atoms with Gasteiger partial charge >= 0.3 is 5.97 Å². The summed E-state index contributed by atoms with van der Waals surface area (Å²) in [5.41, 5.74) is 3.37. The number of nitrogens with one attached hydrogen (secondary N) is 1. The van der Waals surface area contributed by atoms with Gasteiger partial charge in [0.15, 0.2) is 0 Å². The number of amides is 1. The van der Waals surface area contributed by atoms with Crippen LogP contribution in [-0.2, 0) is 16.0 Å². The number of aliphatic carboxylic acids is 1. The highest BCUT2D eigenvalue weighted by atomic mass is 16.5. The molecule has 1 fully saturated rings. The number of carbonyl (C=O) groups excluding carboxylic acids is 1. The highest BCUT2D eigenvalue weighted by Gasteiger charge is 2.33. The molecular weight excluding hydrogens is 446 g/mol. The van der Waals surface area contributed by atoms with E-state index in [0.717, 1.165) is 35.3 Å². The van der Waals surface area contributed by atoms with Crippen LogP contribution in [0.2, 0.25) is 0 Å². The summed E-state index contributed by atoms with van der Waals surface area (Å²) in [6, 6.07) is 15.4. The van der Waals surface area contributed by atoms with Crippen LogP contribution in [0.1, 0.15) is 18.4 Å². The highest BCUT2D eigenvalue weighted by Crippen LogP contribution is 2.38. The molecule has 1 aromatic heterocycles. The predicted molar refractivity (Wildman–Crippen MR) is 133 cm³/mol. The van der Waals surface area contributed by atoms with Gasteiger partial charge < -0.3 is 24.8 Å². The van der Waals surface area contributed by atoms with Crippen LogP contribution in [0.25, 0.3) is 11.1 Å². The van der Waals surface area contributed by atoms with Gasteiger partial charge in [0.05, 0.1) is 31.7 Å². The summed E-state index contributed by atoms with van der Waals surface area (Å²) in [5.74, 6) is 0.0129. The van der Waals surface area contributed by atoms with Crippen molar-refractivity contribution in [2.24, 2.45) is 0 Å². The maximum atomic E-state index is 13.1. The Labute approximate surface area is 204 Å². The van der Waals surface area contributed by atoms with E-state index in [1.54, 1.807) is 26.6 Å². The molecule has 2 N–H and O–H groups in total. The number of hydrogen-bond donors (Lipinski definition) is 2. The number of rotatable bonds is 9. The van der Waals surface area contributed by atoms with Crippen molar-refractivity contribution in [2.45, 2.75) is 31.3 Å². The fourth-order valence-corrected chi connectivity index (χ4v) is 4.52. The normalized spacial score (nSPS) is 15.9. The molecular formula is C27H29N3O5. The van der Waals surface area contributed by atoms with E-state index in [1.165, 1.54) is 0 Å². The van der Waals surface area contributed by atoms with Gasteiger partial charge in [0.2, 0.25) is 5.91 Å². The average molecular weight is 476 g/mol. The van der Waals surface area contributed by atoms with E-state index >= 15 is 0 Å². The number of benzene rings is 2. The van der Waals surface area contributed by atoms with Crippen LogP contribution in [0.3, 0.4) is 0 Å². The second kappa shape index (κ2) is 10.9. The third-order valence-corrected chi connectivity index (χ3v) is 6.26. The molecule has 1 aliphatic heterocycles. The Kier molecular flexibility index (Phi) is 7.50. The van der Waals surface area contributed by atoms with Crippen molar-refractivity contribution in [1.82, 2.24) is 10.3 Å². The summed E-state index contributed by atoms with van der Waals surface area (Å²) in [6.07, 6.45) is 5.11. The van der Waals surface area contributed by atoms with Crippen LogP contribution in [0.4, 0.5) is 5.69 Å². The molecule has 0 aliphatic carbocycles. The van der Waals surface area contributed by atoms with Crippen molar-refractivity contribution in [2.75, 3.05) is 25.7 Å². The Bertz CT molecular complexity index is 1140. The van der Waals surface area contributed by atoms with Crippen molar-refractivity contribution >= 4 is 17.6 Å². The Morgan fingerprint density at radius 3 is 2.40 bits per heavy atom. The maximum absolute atomic E-state index is 13.1. The van der Waals surface area contributed by atoms with Gasteiger partial charge in [-0.3, -0.25) is 9.78 Å². The summed E-state index contributed by atoms with van der Waals surface area (Å²) in [5, 5.41) is 12.6. The molecule has 0 radical (unpaired) electrons. The predicted octanol–water partition coefficient (Wildman–Crippen LogP) is 3.55. The molecule has 8 heteroatoms. The molecule has 35 heavy (non-hydrogen) atoms. The monoisotopic (exact) mass is 475 g/mol. The molecule has 1 aliphatic rings. The van der Waals surface area contributed by atoms with Gasteiger partial charge in [0.25, 0.3) is 0 Å². The minimum Gasteiger partial charge on any atom is -0.496 e. The smallest absolute Gasteiger partial charge is 0.326 e. The standard InChI is InChI=1S/C27H29N3O5/c1-34-23-8-3-9-24(35-2)25(23)19-12-10-18(11-13-19)16-21(27(32)33)29-26(31)22-7-5-15-30(22)20-6-4-14-28-17-20/h3-4,6,8-14,17,21-22H,5,7,15-16H2,1-2H3,(H,29,31)(H,32,33)/t21-,22-/m0/s1. The van der Waals surface area contributed by atoms with Gasteiger partial charge in [-0.1, -0.05) is 30.3 Å². The lowest BCUT2D eigenvalue weighted by molar-refractivity contribution is -0.141. The molecule has 182 valence electrons. The Morgan fingerprint density at radius 1 is 1.09 bits per heavy atom. The lowest BCUT2D eigenvalue weighted by atomic mass is 9.99. The van der Waals surface area contributed by atoms with E-state index in [1.807, 2.05) is 59.5 Å². The van der Waals surface area contributed by atoms with Crippen LogP contribution >= 0.6 is 0 Å². The number of hydrogen-bond acceptors (Lipinski definition) is 6. The van der Waals surface area contributed by atoms with Crippen LogP contribution in [0.5, 0.6) is 11.5 Å². The van der Waals surface area contributed by atoms with E-state index in [9.17, 15) is 14.7 Å². The SMILES string of the molecule is COc1cccc(OC)c1-c1ccc(C[C@H](NC(=O)[C@@H]2CCCN2c2cccnc2)C(=O)O)cc1. The average Bonchev–Trinajstić information content (AvgIpc) is 3.39. The van der Waals surface area contributed by atoms with E-state index in [0.29, 0.717) is 17.9 Å². The number of pyridine rings is 1. The zero-order chi connectivity index (χ0) is 24.8. The first-order chi connectivity index (χ1) is 17.0. The fraction of sp³-hybridized carbons (Fsp3) is 0.296. The number of anilines is 1. The van der Waals surface area contributed by atoms with Gasteiger partial charge in [0.1, 0.15) is 23.6 Å². The highest BCUT2D eigenvalue weighted by molar-refractivity contribution is 5.89. The van der Waals surface area contributed by atoms with Crippen molar-refractivity contribution < 1.29 is 24.2 Å². The summed E-state index contributed by atoms with van der Waals surface area (Å²) < 4.78 is 11.0. The number of methoxy groups -OCH3 is 2. The van der Waals surface area contributed by atoms with Gasteiger partial charge in [-0.25, -0.2) is 4.79 Å². The van der Waals surface area contributed by atoms with Crippen molar-refractivity contribution in [3.8, 4) is 22.6 Å². The molecule has 0 unspecified atom stereocenters. The number of ether oxygens (including phenoxy) is 2. The van der Waals surface area contributed by atoms with E-state index in [2.05, 4.69) is 10.3 Å². The largest absolute Gasteiger partial charge is 0.496 e. The molecule has 3 aromatic rings. The summed E-state index contributed by atoms with van der Waals surface area (Å²) in [7, 11) is 3.21. The lowest BCUT2D eigenvalue weighted by Gasteiger charge is -2.27. The number of carboxylic acid groups (broad SMARTS) is 1. The maximum Gasteiger partial charge on any atom is 0.326 e. The Balaban J connectivity index is 1.48. The van der Waals surface area contributed by atoms with Crippen LogP contribution in [-0.4, -0.2) is 54.8 Å². The lowest BCUT2D eigenvalue weighted by Crippen LogP contribution is -2.50. The zero-order valence-electron chi connectivity index (χ0n) is 19.8. The molecule has 8 nitrogen and oxygen atoms in total. The van der Waals surface area contributed by atoms with Gasteiger partial charge in [0, 0.05) is 19.2 Å². The first-order valence-electron chi connectivity index (χ1n) is 11.5. The first kappa shape index (κ1) is 24.1. The molecule has 0 spiro atoms. The quantitative estimate of drug-likeness (QED) is 0.488. The molecule has 2 aromatic carbocycles. The summed E-state index contributed by atoms with van der Waals surface area (Å²) >= 11 is 0. The van der Waals surface area contributed by atoms with E-state index in [4.69, 9.17) is 9.47 Å². The number of carbonyl (C=O) groups is 2. The van der Waals surface area contributed by atoms with Crippen LogP contribution in [0.15, 0.2) is 67.0 Å². The summed E-state index contributed by atoms with van der Waals surface area (Å²) in [6.45, 7) is 0.732. The van der Waals surface area contributed by atoms with Gasteiger partial charge in [-0.15, -0.1) is 0 Å². The van der Waals surface area contributed by atoms with Crippen molar-refractivity contribution in [3.63, 3.8) is 0 Å². The number of aromatic nitrogens is 1.